The summed E-state index contributed by atoms with van der Waals surface area (Å²) >= 11 is 0. The van der Waals surface area contributed by atoms with Crippen molar-refractivity contribution in [2.75, 3.05) is 13.1 Å². The summed E-state index contributed by atoms with van der Waals surface area (Å²) in [5.74, 6) is 1.57. The van der Waals surface area contributed by atoms with Gasteiger partial charge >= 0.3 is 0 Å². The molecule has 0 bridgehead atoms. The second-order valence-corrected chi connectivity index (χ2v) is 7.46. The standard InChI is InChI=1S/C24H31N5O/c1-3-25-23(28-19-24(2,30)21-12-8-5-9-13-21)27-18-22-26-15-17-29(22)16-14-20-10-6-4-7-11-20/h4-13,15,17,30H,3,14,16,18-19H2,1-2H3,(H2,25,27,28). The molecule has 0 saturated carbocycles. The Balaban J connectivity index is 1.60. The van der Waals surface area contributed by atoms with Gasteiger partial charge in [0.1, 0.15) is 18.0 Å². The van der Waals surface area contributed by atoms with Gasteiger partial charge in [0.15, 0.2) is 5.96 Å². The van der Waals surface area contributed by atoms with E-state index in [1.165, 1.54) is 5.56 Å². The minimum absolute atomic E-state index is 0.352. The Bertz CT molecular complexity index is 919. The SMILES string of the molecule is CCNC(=NCc1nccn1CCc1ccccc1)NCC(C)(O)c1ccccc1. The highest BCUT2D eigenvalue weighted by Crippen LogP contribution is 2.18. The van der Waals surface area contributed by atoms with E-state index in [0.717, 1.165) is 30.9 Å². The Labute approximate surface area is 178 Å². The number of aromatic nitrogens is 2. The largest absolute Gasteiger partial charge is 0.384 e. The molecule has 0 aliphatic heterocycles. The fourth-order valence-corrected chi connectivity index (χ4v) is 3.24. The topological polar surface area (TPSA) is 74.5 Å². The van der Waals surface area contributed by atoms with Crippen LogP contribution in [0, 0.1) is 0 Å². The molecule has 158 valence electrons. The van der Waals surface area contributed by atoms with Crippen LogP contribution in [0.15, 0.2) is 78.0 Å². The van der Waals surface area contributed by atoms with E-state index in [4.69, 9.17) is 0 Å². The Morgan fingerprint density at radius 1 is 1.07 bits per heavy atom. The highest BCUT2D eigenvalue weighted by molar-refractivity contribution is 5.79. The van der Waals surface area contributed by atoms with Gasteiger partial charge < -0.3 is 20.3 Å². The zero-order valence-electron chi connectivity index (χ0n) is 17.8. The predicted octanol–water partition coefficient (Wildman–Crippen LogP) is 3.09. The summed E-state index contributed by atoms with van der Waals surface area (Å²) in [5, 5.41) is 17.3. The molecule has 1 heterocycles. The molecule has 3 rings (SSSR count). The van der Waals surface area contributed by atoms with Crippen LogP contribution < -0.4 is 10.6 Å². The van der Waals surface area contributed by atoms with E-state index in [1.54, 1.807) is 6.92 Å². The number of aliphatic hydroxyl groups is 1. The van der Waals surface area contributed by atoms with Gasteiger partial charge in [-0.25, -0.2) is 9.98 Å². The number of benzene rings is 2. The molecule has 0 fully saturated rings. The molecule has 1 unspecified atom stereocenters. The van der Waals surface area contributed by atoms with E-state index in [1.807, 2.05) is 55.7 Å². The van der Waals surface area contributed by atoms with Gasteiger partial charge in [-0.1, -0.05) is 60.7 Å². The number of guanidine groups is 1. The molecule has 1 aromatic heterocycles. The van der Waals surface area contributed by atoms with Gasteiger partial charge in [0.2, 0.25) is 0 Å². The summed E-state index contributed by atoms with van der Waals surface area (Å²) in [6, 6.07) is 20.1. The maximum atomic E-state index is 10.8. The summed E-state index contributed by atoms with van der Waals surface area (Å²) in [7, 11) is 0. The first-order valence-corrected chi connectivity index (χ1v) is 10.4. The lowest BCUT2D eigenvalue weighted by molar-refractivity contribution is 0.0617. The molecule has 0 amide bonds. The van der Waals surface area contributed by atoms with Crippen molar-refractivity contribution in [1.82, 2.24) is 20.2 Å². The lowest BCUT2D eigenvalue weighted by Gasteiger charge is -2.25. The van der Waals surface area contributed by atoms with Crippen molar-refractivity contribution in [3.05, 3.63) is 90.0 Å². The van der Waals surface area contributed by atoms with E-state index in [-0.39, 0.29) is 0 Å². The van der Waals surface area contributed by atoms with Crippen LogP contribution >= 0.6 is 0 Å². The number of nitrogens with zero attached hydrogens (tertiary/aromatic N) is 3. The molecule has 6 heteroatoms. The summed E-state index contributed by atoms with van der Waals surface area (Å²) in [5.41, 5.74) is 1.18. The molecule has 2 aromatic carbocycles. The van der Waals surface area contributed by atoms with Crippen molar-refractivity contribution in [3.63, 3.8) is 0 Å². The highest BCUT2D eigenvalue weighted by Gasteiger charge is 2.23. The number of aliphatic imine (C=N–C) groups is 1. The lowest BCUT2D eigenvalue weighted by Crippen LogP contribution is -2.44. The lowest BCUT2D eigenvalue weighted by atomic mass is 9.96. The van der Waals surface area contributed by atoms with E-state index < -0.39 is 5.60 Å². The number of hydrogen-bond donors (Lipinski definition) is 3. The molecule has 1 atom stereocenters. The summed E-state index contributed by atoms with van der Waals surface area (Å²) < 4.78 is 2.14. The van der Waals surface area contributed by atoms with Gasteiger partial charge in [0.25, 0.3) is 0 Å². The van der Waals surface area contributed by atoms with Crippen molar-refractivity contribution in [1.29, 1.82) is 0 Å². The first-order valence-electron chi connectivity index (χ1n) is 10.4. The van der Waals surface area contributed by atoms with Crippen molar-refractivity contribution in [2.24, 2.45) is 4.99 Å². The van der Waals surface area contributed by atoms with Crippen LogP contribution in [0.25, 0.3) is 0 Å². The van der Waals surface area contributed by atoms with Crippen LogP contribution in [0.1, 0.15) is 30.8 Å². The molecule has 30 heavy (non-hydrogen) atoms. The van der Waals surface area contributed by atoms with E-state index >= 15 is 0 Å². The van der Waals surface area contributed by atoms with Crippen LogP contribution in [0.5, 0.6) is 0 Å². The monoisotopic (exact) mass is 405 g/mol. The van der Waals surface area contributed by atoms with Crippen molar-refractivity contribution < 1.29 is 5.11 Å². The van der Waals surface area contributed by atoms with Gasteiger partial charge in [-0.2, -0.15) is 0 Å². The van der Waals surface area contributed by atoms with Gasteiger partial charge in [0, 0.05) is 25.5 Å². The number of hydrogen-bond acceptors (Lipinski definition) is 3. The van der Waals surface area contributed by atoms with E-state index in [0.29, 0.717) is 19.0 Å². The molecule has 0 aliphatic carbocycles. The van der Waals surface area contributed by atoms with Crippen molar-refractivity contribution in [3.8, 4) is 0 Å². The highest BCUT2D eigenvalue weighted by atomic mass is 16.3. The summed E-state index contributed by atoms with van der Waals surface area (Å²) in [6.07, 6.45) is 4.76. The van der Waals surface area contributed by atoms with Crippen molar-refractivity contribution >= 4 is 5.96 Å². The number of nitrogens with one attached hydrogen (secondary N) is 2. The van der Waals surface area contributed by atoms with E-state index in [9.17, 15) is 5.11 Å². The molecule has 0 spiro atoms. The fraction of sp³-hybridized carbons (Fsp3) is 0.333. The molecule has 0 saturated heterocycles. The number of rotatable bonds is 9. The van der Waals surface area contributed by atoms with Gasteiger partial charge in [-0.05, 0) is 31.4 Å². The number of aryl methyl sites for hydroxylation is 2. The Morgan fingerprint density at radius 2 is 1.77 bits per heavy atom. The third kappa shape index (κ3) is 6.19. The van der Waals surface area contributed by atoms with Crippen LogP contribution in [0.2, 0.25) is 0 Å². The Morgan fingerprint density at radius 3 is 2.47 bits per heavy atom. The molecule has 0 radical (unpaired) electrons. The minimum atomic E-state index is -0.994. The maximum Gasteiger partial charge on any atom is 0.191 e. The summed E-state index contributed by atoms with van der Waals surface area (Å²) in [4.78, 5) is 9.14. The van der Waals surface area contributed by atoms with Crippen LogP contribution in [0.4, 0.5) is 0 Å². The van der Waals surface area contributed by atoms with Crippen molar-refractivity contribution in [2.45, 2.75) is 39.0 Å². The normalized spacial score (nSPS) is 13.6. The van der Waals surface area contributed by atoms with Crippen LogP contribution in [0.3, 0.4) is 0 Å². The maximum absolute atomic E-state index is 10.8. The Kier molecular flexibility index (Phi) is 7.63. The molecule has 6 nitrogen and oxygen atoms in total. The smallest absolute Gasteiger partial charge is 0.191 e. The second kappa shape index (κ2) is 10.6. The average Bonchev–Trinajstić information content (AvgIpc) is 3.23. The molecular formula is C24H31N5O. The first-order chi connectivity index (χ1) is 14.6. The van der Waals surface area contributed by atoms with Gasteiger partial charge in [0.05, 0.1) is 6.54 Å². The molecular weight excluding hydrogens is 374 g/mol. The third-order valence-corrected chi connectivity index (χ3v) is 5.00. The van der Waals surface area contributed by atoms with Crippen LogP contribution in [-0.2, 0) is 25.1 Å². The molecule has 0 aliphatic rings. The third-order valence-electron chi connectivity index (χ3n) is 5.00. The number of imidazole rings is 1. The fourth-order valence-electron chi connectivity index (χ4n) is 3.24. The zero-order chi connectivity index (χ0) is 21.2. The van der Waals surface area contributed by atoms with Gasteiger partial charge in [-0.15, -0.1) is 0 Å². The average molecular weight is 406 g/mol. The quantitative estimate of drug-likeness (QED) is 0.378. The Hall–Kier alpha value is -3.12. The molecule has 3 N–H and O–H groups in total. The van der Waals surface area contributed by atoms with E-state index in [2.05, 4.69) is 49.4 Å². The predicted molar refractivity (Wildman–Crippen MR) is 121 cm³/mol. The molecule has 3 aromatic rings. The zero-order valence-corrected chi connectivity index (χ0v) is 17.8. The van der Waals surface area contributed by atoms with Gasteiger partial charge in [-0.3, -0.25) is 0 Å². The minimum Gasteiger partial charge on any atom is -0.384 e. The van der Waals surface area contributed by atoms with Crippen LogP contribution in [-0.4, -0.2) is 33.7 Å². The first kappa shape index (κ1) is 21.6. The second-order valence-electron chi connectivity index (χ2n) is 7.46. The summed E-state index contributed by atoms with van der Waals surface area (Å²) in [6.45, 7) is 6.24.